The second-order valence-corrected chi connectivity index (χ2v) is 17.5. The molecular formula is C34H44O4P2. The van der Waals surface area contributed by atoms with Gasteiger partial charge in [-0.05, 0) is 73.5 Å². The standard InChI is InChI=1S/C34H44O4P2/c1-21(2)39(22(3)4)37-33-25(9)17-27(31-13-11-15-35-31)19-29(33)30-20-28(32-14-12-16-36-32)18-26(10)34(30)38-40(23(5)6)24(7)8/h11-24H,1-10H3. The van der Waals surface area contributed by atoms with Gasteiger partial charge in [-0.15, -0.1) is 0 Å². The van der Waals surface area contributed by atoms with E-state index in [9.17, 15) is 0 Å². The Morgan fingerprint density at radius 3 is 1.18 bits per heavy atom. The van der Waals surface area contributed by atoms with Crippen LogP contribution in [0.4, 0.5) is 0 Å². The number of hydrogen-bond acceptors (Lipinski definition) is 4. The Morgan fingerprint density at radius 1 is 0.550 bits per heavy atom. The van der Waals surface area contributed by atoms with Crippen LogP contribution in [0, 0.1) is 13.8 Å². The van der Waals surface area contributed by atoms with E-state index >= 15 is 0 Å². The summed E-state index contributed by atoms with van der Waals surface area (Å²) in [7, 11) is -1.42. The monoisotopic (exact) mass is 578 g/mol. The van der Waals surface area contributed by atoms with Crippen molar-refractivity contribution in [1.82, 2.24) is 0 Å². The first-order valence-corrected chi connectivity index (χ1v) is 17.1. The molecule has 0 saturated carbocycles. The van der Waals surface area contributed by atoms with E-state index in [1.807, 2.05) is 24.3 Å². The maximum Gasteiger partial charge on any atom is 0.134 e. The minimum absolute atomic E-state index is 0.425. The maximum atomic E-state index is 7.01. The zero-order chi connectivity index (χ0) is 29.1. The lowest BCUT2D eigenvalue weighted by molar-refractivity contribution is 0.576. The van der Waals surface area contributed by atoms with E-state index in [2.05, 4.69) is 93.5 Å². The Bertz CT molecular complexity index is 1260. The van der Waals surface area contributed by atoms with Crippen LogP contribution in [0.1, 0.15) is 66.5 Å². The zero-order valence-electron chi connectivity index (χ0n) is 25.6. The fraction of sp³-hybridized carbons (Fsp3) is 0.412. The summed E-state index contributed by atoms with van der Waals surface area (Å²) in [5.41, 5.74) is 7.95. The molecule has 214 valence electrons. The molecule has 4 aromatic rings. The Kier molecular flexibility index (Phi) is 9.86. The molecule has 0 fully saturated rings. The quantitative estimate of drug-likeness (QED) is 0.166. The van der Waals surface area contributed by atoms with Gasteiger partial charge in [0.1, 0.15) is 23.0 Å². The minimum atomic E-state index is -0.709. The topological polar surface area (TPSA) is 44.7 Å². The number of aryl methyl sites for hydroxylation is 2. The first kappa shape index (κ1) is 30.4. The third kappa shape index (κ3) is 6.67. The molecule has 0 saturated heterocycles. The molecule has 0 radical (unpaired) electrons. The van der Waals surface area contributed by atoms with Crippen molar-refractivity contribution >= 4 is 16.3 Å². The van der Waals surface area contributed by atoms with Gasteiger partial charge in [0.05, 0.1) is 28.8 Å². The summed E-state index contributed by atoms with van der Waals surface area (Å²) in [4.78, 5) is 0. The lowest BCUT2D eigenvalue weighted by Crippen LogP contribution is -2.11. The first-order chi connectivity index (χ1) is 19.0. The molecule has 0 spiro atoms. The Balaban J connectivity index is 2.02. The summed E-state index contributed by atoms with van der Waals surface area (Å²) in [5, 5.41) is 0. The van der Waals surface area contributed by atoms with Crippen LogP contribution in [0.15, 0.2) is 69.9 Å². The SMILES string of the molecule is Cc1cc(-c2ccco2)cc(-c2cc(-c3ccco3)cc(C)c2OP(C(C)C)C(C)C)c1OP(C(C)C)C(C)C. The molecule has 0 bridgehead atoms. The van der Waals surface area contributed by atoms with Gasteiger partial charge in [0.25, 0.3) is 0 Å². The van der Waals surface area contributed by atoms with Gasteiger partial charge < -0.3 is 17.9 Å². The van der Waals surface area contributed by atoms with Crippen LogP contribution >= 0.6 is 16.3 Å². The van der Waals surface area contributed by atoms with Crippen molar-refractivity contribution in [2.24, 2.45) is 0 Å². The molecule has 4 rings (SSSR count). The van der Waals surface area contributed by atoms with Crippen LogP contribution in [0.5, 0.6) is 11.5 Å². The van der Waals surface area contributed by atoms with Crippen molar-refractivity contribution in [2.45, 2.75) is 91.9 Å². The van der Waals surface area contributed by atoms with E-state index in [-0.39, 0.29) is 0 Å². The van der Waals surface area contributed by atoms with Gasteiger partial charge in [-0.2, -0.15) is 0 Å². The van der Waals surface area contributed by atoms with Crippen molar-refractivity contribution < 1.29 is 17.9 Å². The fourth-order valence-electron chi connectivity index (χ4n) is 5.19. The smallest absolute Gasteiger partial charge is 0.134 e. The van der Waals surface area contributed by atoms with E-state index in [1.54, 1.807) is 12.5 Å². The highest BCUT2D eigenvalue weighted by Crippen LogP contribution is 2.55. The molecule has 0 atom stereocenters. The molecular weight excluding hydrogens is 534 g/mol. The number of hydrogen-bond donors (Lipinski definition) is 0. The van der Waals surface area contributed by atoms with Gasteiger partial charge in [0.15, 0.2) is 0 Å². The third-order valence-electron chi connectivity index (χ3n) is 6.88. The highest BCUT2D eigenvalue weighted by molar-refractivity contribution is 7.54. The average Bonchev–Trinajstić information content (AvgIpc) is 3.60. The van der Waals surface area contributed by atoms with E-state index in [0.717, 1.165) is 56.4 Å². The van der Waals surface area contributed by atoms with Gasteiger partial charge in [-0.3, -0.25) is 0 Å². The van der Waals surface area contributed by atoms with Gasteiger partial charge in [-0.25, -0.2) is 0 Å². The van der Waals surface area contributed by atoms with Gasteiger partial charge in [-0.1, -0.05) is 55.4 Å². The lowest BCUT2D eigenvalue weighted by atomic mass is 9.93. The molecule has 6 heteroatoms. The minimum Gasteiger partial charge on any atom is -0.473 e. The number of furan rings is 2. The van der Waals surface area contributed by atoms with Crippen LogP contribution in [0.25, 0.3) is 33.8 Å². The Labute approximate surface area is 243 Å². The van der Waals surface area contributed by atoms with E-state index in [4.69, 9.17) is 17.9 Å². The van der Waals surface area contributed by atoms with Crippen LogP contribution in [0.3, 0.4) is 0 Å². The molecule has 2 aromatic carbocycles. The molecule has 0 amide bonds. The van der Waals surface area contributed by atoms with Crippen molar-refractivity contribution in [3.05, 3.63) is 72.2 Å². The summed E-state index contributed by atoms with van der Waals surface area (Å²) < 4.78 is 25.7. The van der Waals surface area contributed by atoms with Crippen LogP contribution in [-0.4, -0.2) is 22.6 Å². The third-order valence-corrected chi connectivity index (χ3v) is 11.7. The summed E-state index contributed by atoms with van der Waals surface area (Å²) in [6, 6.07) is 16.6. The van der Waals surface area contributed by atoms with Crippen molar-refractivity contribution in [3.63, 3.8) is 0 Å². The van der Waals surface area contributed by atoms with E-state index < -0.39 is 16.3 Å². The second-order valence-electron chi connectivity index (χ2n) is 11.6. The largest absolute Gasteiger partial charge is 0.473 e. The van der Waals surface area contributed by atoms with Crippen molar-refractivity contribution in [1.29, 1.82) is 0 Å². The average molecular weight is 579 g/mol. The molecule has 0 aliphatic carbocycles. The fourth-order valence-corrected chi connectivity index (χ4v) is 9.32. The summed E-state index contributed by atoms with van der Waals surface area (Å²) in [5.74, 6) is 3.50. The van der Waals surface area contributed by atoms with E-state index in [1.165, 1.54) is 0 Å². The number of rotatable bonds is 11. The molecule has 0 aliphatic heterocycles. The van der Waals surface area contributed by atoms with Crippen molar-refractivity contribution in [2.75, 3.05) is 0 Å². The van der Waals surface area contributed by atoms with Gasteiger partial charge in [0.2, 0.25) is 0 Å². The van der Waals surface area contributed by atoms with Crippen LogP contribution in [-0.2, 0) is 0 Å². The molecule has 0 aliphatic rings. The first-order valence-electron chi connectivity index (χ1n) is 14.3. The summed E-state index contributed by atoms with van der Waals surface area (Å²) in [6.45, 7) is 22.3. The zero-order valence-corrected chi connectivity index (χ0v) is 27.4. The number of benzene rings is 2. The highest BCUT2D eigenvalue weighted by atomic mass is 31.1. The molecule has 40 heavy (non-hydrogen) atoms. The molecule has 2 aromatic heterocycles. The van der Waals surface area contributed by atoms with E-state index in [0.29, 0.717) is 22.6 Å². The normalized spacial score (nSPS) is 12.1. The van der Waals surface area contributed by atoms with Gasteiger partial charge >= 0.3 is 0 Å². The summed E-state index contributed by atoms with van der Waals surface area (Å²) in [6.07, 6.45) is 3.44. The Morgan fingerprint density at radius 2 is 0.900 bits per heavy atom. The van der Waals surface area contributed by atoms with Crippen LogP contribution in [0.2, 0.25) is 0 Å². The predicted octanol–water partition coefficient (Wildman–Crippen LogP) is 11.7. The molecule has 0 unspecified atom stereocenters. The Hall–Kier alpha value is -2.54. The summed E-state index contributed by atoms with van der Waals surface area (Å²) >= 11 is 0. The van der Waals surface area contributed by atoms with Gasteiger partial charge in [0, 0.05) is 44.9 Å². The second kappa shape index (κ2) is 13.0. The van der Waals surface area contributed by atoms with Crippen molar-refractivity contribution in [3.8, 4) is 45.3 Å². The lowest BCUT2D eigenvalue weighted by Gasteiger charge is -2.30. The maximum absolute atomic E-state index is 7.01. The highest BCUT2D eigenvalue weighted by Gasteiger charge is 2.28. The molecule has 4 nitrogen and oxygen atoms in total. The molecule has 0 N–H and O–H groups in total. The predicted molar refractivity (Wildman–Crippen MR) is 172 cm³/mol. The molecule has 2 heterocycles. The van der Waals surface area contributed by atoms with Crippen LogP contribution < -0.4 is 9.05 Å².